The van der Waals surface area contributed by atoms with Crippen molar-refractivity contribution in [2.45, 2.75) is 13.8 Å². The van der Waals surface area contributed by atoms with Gasteiger partial charge in [0.15, 0.2) is 0 Å². The van der Waals surface area contributed by atoms with Crippen LogP contribution in [0.25, 0.3) is 0 Å². The minimum Gasteiger partial charge on any atom is -0.462 e. The van der Waals surface area contributed by atoms with Crippen molar-refractivity contribution in [3.63, 3.8) is 0 Å². The maximum absolute atomic E-state index is 11.8. The molecular weight excluding hydrogens is 274 g/mol. The van der Waals surface area contributed by atoms with Gasteiger partial charge in [0.05, 0.1) is 18.2 Å². The summed E-state index contributed by atoms with van der Waals surface area (Å²) < 4.78 is 11.1. The van der Waals surface area contributed by atoms with Crippen LogP contribution in [0.5, 0.6) is 0 Å². The number of hydrogen-bond donors (Lipinski definition) is 1. The smallest absolute Gasteiger partial charge is 0.412 e. The lowest BCUT2D eigenvalue weighted by molar-refractivity contribution is 0.0526. The lowest BCUT2D eigenvalue weighted by atomic mass is 10.2. The number of carbonyl (C=O) groups is 2. The van der Waals surface area contributed by atoms with Crippen LogP contribution in [0.4, 0.5) is 10.6 Å². The summed E-state index contributed by atoms with van der Waals surface area (Å²) in [4.78, 5) is 23.3. The predicted molar refractivity (Wildman–Crippen MR) is 69.6 cm³/mol. The molecule has 1 amide bonds. The summed E-state index contributed by atoms with van der Waals surface area (Å²) in [5.41, 5.74) is 0.681. The fourth-order valence-electron chi connectivity index (χ4n) is 1.51. The lowest BCUT2D eigenvalue weighted by Crippen LogP contribution is -2.19. The van der Waals surface area contributed by atoms with Gasteiger partial charge in [0.2, 0.25) is 0 Å². The Morgan fingerprint density at radius 2 is 2.11 bits per heavy atom. The second-order valence-electron chi connectivity index (χ2n) is 3.60. The van der Waals surface area contributed by atoms with Crippen molar-refractivity contribution in [3.05, 3.63) is 11.3 Å². The number of ether oxygens (including phenoxy) is 2. The quantitative estimate of drug-likeness (QED) is 0.659. The number of nitrogens with zero attached hydrogens (tertiary/aromatic N) is 2. The summed E-state index contributed by atoms with van der Waals surface area (Å²) in [5, 5.41) is 6.52. The Bertz CT molecular complexity index is 473. The zero-order valence-corrected chi connectivity index (χ0v) is 11.8. The highest BCUT2D eigenvalue weighted by Gasteiger charge is 2.23. The maximum Gasteiger partial charge on any atom is 0.412 e. The second kappa shape index (κ2) is 6.98. The lowest BCUT2D eigenvalue weighted by Gasteiger charge is -2.08. The fraction of sp³-hybridized carbons (Fsp3) is 0.545. The number of aromatic nitrogens is 2. The first-order chi connectivity index (χ1) is 9.01. The Morgan fingerprint density at radius 1 is 1.42 bits per heavy atom. The molecule has 0 radical (unpaired) electrons. The van der Waals surface area contributed by atoms with Gasteiger partial charge in [0.1, 0.15) is 18.0 Å². The molecule has 0 aromatic carbocycles. The molecule has 0 aliphatic carbocycles. The fourth-order valence-corrected chi connectivity index (χ4v) is 1.59. The Morgan fingerprint density at radius 3 is 2.68 bits per heavy atom. The van der Waals surface area contributed by atoms with Crippen LogP contribution in [-0.2, 0) is 16.5 Å². The summed E-state index contributed by atoms with van der Waals surface area (Å²) >= 11 is 5.41. The van der Waals surface area contributed by atoms with E-state index in [-0.39, 0.29) is 30.5 Å². The van der Waals surface area contributed by atoms with Crippen LogP contribution in [0.2, 0.25) is 0 Å². The number of alkyl halides is 1. The molecule has 0 saturated heterocycles. The number of anilines is 1. The summed E-state index contributed by atoms with van der Waals surface area (Å²) in [6.45, 7) is 3.68. The van der Waals surface area contributed by atoms with Crippen LogP contribution >= 0.6 is 11.6 Å². The standard InChI is InChI=1S/C11H16ClN3O4/c1-4-18-10(16)8-7(2)14-15(3)9(8)13-11(17)19-6-5-12/h4-6H2,1-3H3,(H,13,17). The van der Waals surface area contributed by atoms with E-state index >= 15 is 0 Å². The molecular formula is C11H16ClN3O4. The number of nitrogens with one attached hydrogen (secondary N) is 1. The van der Waals surface area contributed by atoms with Crippen molar-refractivity contribution < 1.29 is 19.1 Å². The molecule has 106 valence electrons. The van der Waals surface area contributed by atoms with Crippen LogP contribution in [0, 0.1) is 6.92 Å². The van der Waals surface area contributed by atoms with Gasteiger partial charge >= 0.3 is 12.1 Å². The van der Waals surface area contributed by atoms with Crippen LogP contribution in [0.15, 0.2) is 0 Å². The molecule has 0 atom stereocenters. The molecule has 0 unspecified atom stereocenters. The summed E-state index contributed by atoms with van der Waals surface area (Å²) in [6, 6.07) is 0. The maximum atomic E-state index is 11.8. The number of hydrogen-bond acceptors (Lipinski definition) is 5. The molecule has 1 N–H and O–H groups in total. The first-order valence-electron chi connectivity index (χ1n) is 5.71. The van der Waals surface area contributed by atoms with Crippen LogP contribution in [0.1, 0.15) is 23.0 Å². The van der Waals surface area contributed by atoms with Gasteiger partial charge in [0, 0.05) is 7.05 Å². The van der Waals surface area contributed by atoms with E-state index in [1.807, 2.05) is 0 Å². The van der Waals surface area contributed by atoms with E-state index in [1.54, 1.807) is 20.9 Å². The molecule has 0 spiro atoms. The third kappa shape index (κ3) is 3.85. The SMILES string of the molecule is CCOC(=O)c1c(C)nn(C)c1NC(=O)OCCCl. The van der Waals surface area contributed by atoms with Gasteiger partial charge in [-0.2, -0.15) is 5.10 Å². The average molecular weight is 290 g/mol. The van der Waals surface area contributed by atoms with Crippen LogP contribution in [0.3, 0.4) is 0 Å². The third-order valence-electron chi connectivity index (χ3n) is 2.23. The number of esters is 1. The zero-order chi connectivity index (χ0) is 14.4. The van der Waals surface area contributed by atoms with Gasteiger partial charge in [-0.05, 0) is 13.8 Å². The minimum absolute atomic E-state index is 0.0823. The second-order valence-corrected chi connectivity index (χ2v) is 3.98. The predicted octanol–water partition coefficient (Wildman–Crippen LogP) is 1.69. The molecule has 1 aromatic rings. The van der Waals surface area contributed by atoms with Crippen molar-refractivity contribution >= 4 is 29.5 Å². The van der Waals surface area contributed by atoms with E-state index in [2.05, 4.69) is 10.4 Å². The highest BCUT2D eigenvalue weighted by Crippen LogP contribution is 2.20. The highest BCUT2D eigenvalue weighted by molar-refractivity contribution is 6.18. The van der Waals surface area contributed by atoms with Crippen LogP contribution in [-0.4, -0.2) is 40.9 Å². The molecule has 0 fully saturated rings. The van der Waals surface area contributed by atoms with Crippen molar-refractivity contribution in [1.29, 1.82) is 0 Å². The van der Waals surface area contributed by atoms with Crippen molar-refractivity contribution in [3.8, 4) is 0 Å². The minimum atomic E-state index is -0.700. The van der Waals surface area contributed by atoms with E-state index in [0.29, 0.717) is 5.69 Å². The van der Waals surface area contributed by atoms with Crippen molar-refractivity contribution in [2.24, 2.45) is 7.05 Å². The van der Waals surface area contributed by atoms with Gasteiger partial charge in [-0.15, -0.1) is 11.6 Å². The molecule has 1 rings (SSSR count). The number of amides is 1. The molecule has 0 saturated carbocycles. The molecule has 8 heteroatoms. The van der Waals surface area contributed by atoms with Gasteiger partial charge in [-0.3, -0.25) is 10.00 Å². The average Bonchev–Trinajstić information content (AvgIpc) is 2.62. The molecule has 0 aliphatic heterocycles. The Balaban J connectivity index is 2.93. The van der Waals surface area contributed by atoms with Gasteiger partial charge in [0.25, 0.3) is 0 Å². The first-order valence-corrected chi connectivity index (χ1v) is 6.25. The molecule has 1 aromatic heterocycles. The third-order valence-corrected chi connectivity index (χ3v) is 2.39. The molecule has 1 heterocycles. The Kier molecular flexibility index (Phi) is 5.62. The molecule has 0 aliphatic rings. The normalized spacial score (nSPS) is 10.1. The van der Waals surface area contributed by atoms with E-state index in [1.165, 1.54) is 4.68 Å². The molecule has 0 bridgehead atoms. The van der Waals surface area contributed by atoms with Crippen molar-refractivity contribution in [1.82, 2.24) is 9.78 Å². The number of carbonyl (C=O) groups excluding carboxylic acids is 2. The van der Waals surface area contributed by atoms with E-state index in [0.717, 1.165) is 0 Å². The topological polar surface area (TPSA) is 82.5 Å². The van der Waals surface area contributed by atoms with E-state index < -0.39 is 12.1 Å². The number of rotatable bonds is 5. The summed E-state index contributed by atoms with van der Waals surface area (Å²) in [6.07, 6.45) is -0.700. The molecule has 19 heavy (non-hydrogen) atoms. The zero-order valence-electron chi connectivity index (χ0n) is 11.0. The highest BCUT2D eigenvalue weighted by atomic mass is 35.5. The summed E-state index contributed by atoms with van der Waals surface area (Å²) in [7, 11) is 1.60. The number of aryl methyl sites for hydroxylation is 2. The monoisotopic (exact) mass is 289 g/mol. The van der Waals surface area contributed by atoms with Gasteiger partial charge < -0.3 is 9.47 Å². The van der Waals surface area contributed by atoms with Crippen LogP contribution < -0.4 is 5.32 Å². The number of halogens is 1. The van der Waals surface area contributed by atoms with E-state index in [9.17, 15) is 9.59 Å². The molecule has 7 nitrogen and oxygen atoms in total. The summed E-state index contributed by atoms with van der Waals surface area (Å²) in [5.74, 6) is -0.112. The van der Waals surface area contributed by atoms with Gasteiger partial charge in [-0.1, -0.05) is 0 Å². The van der Waals surface area contributed by atoms with Crippen molar-refractivity contribution in [2.75, 3.05) is 24.4 Å². The Labute approximate surface area is 115 Å². The Hall–Kier alpha value is -1.76. The van der Waals surface area contributed by atoms with E-state index in [4.69, 9.17) is 21.1 Å². The largest absolute Gasteiger partial charge is 0.462 e. The van der Waals surface area contributed by atoms with Gasteiger partial charge in [-0.25, -0.2) is 9.59 Å². The first kappa shape index (κ1) is 15.3.